The van der Waals surface area contributed by atoms with Crippen LogP contribution in [0.5, 0.6) is 0 Å². The maximum atomic E-state index is 12.6. The number of halogens is 3. The van der Waals surface area contributed by atoms with E-state index in [0.29, 0.717) is 17.0 Å². The number of alkyl halides is 3. The monoisotopic (exact) mass is 295 g/mol. The molecule has 6 heteroatoms. The van der Waals surface area contributed by atoms with Crippen LogP contribution in [0.25, 0.3) is 11.3 Å². The zero-order chi connectivity index (χ0) is 15.6. The fourth-order valence-electron chi connectivity index (χ4n) is 1.87. The van der Waals surface area contributed by atoms with Crippen LogP contribution in [-0.4, -0.2) is 18.1 Å². The molecule has 0 bridgehead atoms. The van der Waals surface area contributed by atoms with Crippen molar-refractivity contribution >= 4 is 5.97 Å². The molecule has 21 heavy (non-hydrogen) atoms. The van der Waals surface area contributed by atoms with Crippen LogP contribution in [0.2, 0.25) is 0 Å². The molecule has 0 atom stereocenters. The molecule has 0 saturated heterocycles. The second-order valence-corrected chi connectivity index (χ2v) is 4.42. The van der Waals surface area contributed by atoms with Crippen LogP contribution in [0.4, 0.5) is 13.2 Å². The molecular formula is C15H12F3NO2. The molecule has 2 aromatic rings. The highest BCUT2D eigenvalue weighted by Gasteiger charge is 2.30. The van der Waals surface area contributed by atoms with Crippen molar-refractivity contribution in [2.75, 3.05) is 7.11 Å². The van der Waals surface area contributed by atoms with Crippen molar-refractivity contribution in [3.05, 3.63) is 53.2 Å². The number of aromatic nitrogens is 1. The molecule has 2 rings (SSSR count). The van der Waals surface area contributed by atoms with Gasteiger partial charge in [0.15, 0.2) is 0 Å². The molecule has 0 spiro atoms. The zero-order valence-electron chi connectivity index (χ0n) is 11.4. The van der Waals surface area contributed by atoms with Crippen molar-refractivity contribution < 1.29 is 22.7 Å². The van der Waals surface area contributed by atoms with E-state index in [4.69, 9.17) is 0 Å². The van der Waals surface area contributed by atoms with Crippen molar-refractivity contribution in [2.45, 2.75) is 13.1 Å². The van der Waals surface area contributed by atoms with Gasteiger partial charge in [0, 0.05) is 11.3 Å². The highest BCUT2D eigenvalue weighted by Crippen LogP contribution is 2.31. The lowest BCUT2D eigenvalue weighted by atomic mass is 10.0. The second kappa shape index (κ2) is 5.55. The average molecular weight is 295 g/mol. The average Bonchev–Trinajstić information content (AvgIpc) is 2.45. The van der Waals surface area contributed by atoms with E-state index in [1.807, 2.05) is 0 Å². The van der Waals surface area contributed by atoms with Gasteiger partial charge < -0.3 is 4.74 Å². The second-order valence-electron chi connectivity index (χ2n) is 4.42. The summed E-state index contributed by atoms with van der Waals surface area (Å²) in [6.45, 7) is 1.73. The first-order chi connectivity index (χ1) is 9.82. The molecule has 110 valence electrons. The Morgan fingerprint density at radius 2 is 1.71 bits per heavy atom. The summed E-state index contributed by atoms with van der Waals surface area (Å²) in [5.41, 5.74) is 0.835. The number of nitrogens with zero attached hydrogens (tertiary/aromatic N) is 1. The van der Waals surface area contributed by atoms with Crippen molar-refractivity contribution in [2.24, 2.45) is 0 Å². The molecule has 0 amide bonds. The van der Waals surface area contributed by atoms with Gasteiger partial charge in [0.25, 0.3) is 0 Å². The number of hydrogen-bond donors (Lipinski definition) is 0. The topological polar surface area (TPSA) is 39.2 Å². The zero-order valence-corrected chi connectivity index (χ0v) is 11.4. The number of carbonyl (C=O) groups is 1. The third-order valence-corrected chi connectivity index (χ3v) is 2.93. The molecular weight excluding hydrogens is 283 g/mol. The number of methoxy groups -OCH3 is 1. The van der Waals surface area contributed by atoms with Crippen LogP contribution < -0.4 is 0 Å². The SMILES string of the molecule is COC(=O)c1ccc(C)nc1-c1ccc(C(F)(F)F)cc1. The highest BCUT2D eigenvalue weighted by atomic mass is 19.4. The van der Waals surface area contributed by atoms with Crippen LogP contribution in [0.3, 0.4) is 0 Å². The summed E-state index contributed by atoms with van der Waals surface area (Å²) in [7, 11) is 1.23. The van der Waals surface area contributed by atoms with E-state index in [-0.39, 0.29) is 5.56 Å². The smallest absolute Gasteiger partial charge is 0.416 e. The van der Waals surface area contributed by atoms with Crippen LogP contribution in [0, 0.1) is 6.92 Å². The van der Waals surface area contributed by atoms with E-state index in [1.165, 1.54) is 19.2 Å². The van der Waals surface area contributed by atoms with E-state index in [1.54, 1.807) is 19.1 Å². The molecule has 0 saturated carbocycles. The molecule has 0 aliphatic heterocycles. The normalized spacial score (nSPS) is 11.3. The molecule has 3 nitrogen and oxygen atoms in total. The van der Waals surface area contributed by atoms with Gasteiger partial charge in [-0.2, -0.15) is 13.2 Å². The summed E-state index contributed by atoms with van der Waals surface area (Å²) in [4.78, 5) is 15.9. The van der Waals surface area contributed by atoms with Gasteiger partial charge >= 0.3 is 12.1 Å². The number of hydrogen-bond acceptors (Lipinski definition) is 3. The Morgan fingerprint density at radius 3 is 2.24 bits per heavy atom. The Morgan fingerprint density at radius 1 is 1.10 bits per heavy atom. The number of benzene rings is 1. The summed E-state index contributed by atoms with van der Waals surface area (Å²) in [5.74, 6) is -0.586. The van der Waals surface area contributed by atoms with E-state index >= 15 is 0 Å². The van der Waals surface area contributed by atoms with Crippen LogP contribution in [-0.2, 0) is 10.9 Å². The molecule has 1 aromatic heterocycles. The van der Waals surface area contributed by atoms with Crippen molar-refractivity contribution in [3.63, 3.8) is 0 Å². The third kappa shape index (κ3) is 3.21. The standard InChI is InChI=1S/C15H12F3NO2/c1-9-3-8-12(14(20)21-2)13(19-9)10-4-6-11(7-5-10)15(16,17)18/h3-8H,1-2H3. The number of pyridine rings is 1. The van der Waals surface area contributed by atoms with Crippen LogP contribution >= 0.6 is 0 Å². The van der Waals surface area contributed by atoms with E-state index in [0.717, 1.165) is 12.1 Å². The molecule has 0 unspecified atom stereocenters. The lowest BCUT2D eigenvalue weighted by Crippen LogP contribution is -2.07. The minimum absolute atomic E-state index is 0.211. The number of esters is 1. The number of ether oxygens (including phenoxy) is 1. The fraction of sp³-hybridized carbons (Fsp3) is 0.200. The van der Waals surface area contributed by atoms with E-state index in [2.05, 4.69) is 9.72 Å². The third-order valence-electron chi connectivity index (χ3n) is 2.93. The van der Waals surface area contributed by atoms with Crippen molar-refractivity contribution in [1.82, 2.24) is 4.98 Å². The molecule has 0 radical (unpaired) electrons. The molecule has 0 aliphatic rings. The molecule has 0 aliphatic carbocycles. The Balaban J connectivity index is 2.51. The van der Waals surface area contributed by atoms with Gasteiger partial charge in [-0.15, -0.1) is 0 Å². The Bertz CT molecular complexity index is 664. The first kappa shape index (κ1) is 15.0. The molecule has 0 N–H and O–H groups in total. The number of rotatable bonds is 2. The lowest BCUT2D eigenvalue weighted by Gasteiger charge is -2.10. The first-order valence-corrected chi connectivity index (χ1v) is 6.06. The minimum atomic E-state index is -4.40. The summed E-state index contributed by atoms with van der Waals surface area (Å²) < 4.78 is 42.3. The largest absolute Gasteiger partial charge is 0.465 e. The lowest BCUT2D eigenvalue weighted by molar-refractivity contribution is -0.137. The predicted molar refractivity (Wildman–Crippen MR) is 70.8 cm³/mol. The summed E-state index contributed by atoms with van der Waals surface area (Å²) in [6, 6.07) is 7.68. The van der Waals surface area contributed by atoms with Crippen molar-refractivity contribution in [1.29, 1.82) is 0 Å². The van der Waals surface area contributed by atoms with Gasteiger partial charge in [-0.05, 0) is 31.2 Å². The van der Waals surface area contributed by atoms with Gasteiger partial charge in [0.1, 0.15) is 0 Å². The summed E-state index contributed by atoms with van der Waals surface area (Å²) in [5, 5.41) is 0. The molecule has 0 fully saturated rings. The van der Waals surface area contributed by atoms with E-state index in [9.17, 15) is 18.0 Å². The quantitative estimate of drug-likeness (QED) is 0.790. The van der Waals surface area contributed by atoms with Gasteiger partial charge in [-0.3, -0.25) is 4.98 Å². The van der Waals surface area contributed by atoms with Gasteiger partial charge in [-0.25, -0.2) is 4.79 Å². The Labute approximate surface area is 119 Å². The summed E-state index contributed by atoms with van der Waals surface area (Å²) >= 11 is 0. The molecule has 1 aromatic carbocycles. The first-order valence-electron chi connectivity index (χ1n) is 6.06. The number of aryl methyl sites for hydroxylation is 1. The van der Waals surface area contributed by atoms with Crippen molar-refractivity contribution in [3.8, 4) is 11.3 Å². The van der Waals surface area contributed by atoms with Crippen LogP contribution in [0.1, 0.15) is 21.6 Å². The maximum Gasteiger partial charge on any atom is 0.416 e. The number of carbonyl (C=O) groups excluding carboxylic acids is 1. The highest BCUT2D eigenvalue weighted by molar-refractivity contribution is 5.96. The maximum absolute atomic E-state index is 12.6. The summed E-state index contributed by atoms with van der Waals surface area (Å²) in [6.07, 6.45) is -4.40. The predicted octanol–water partition coefficient (Wildman–Crippen LogP) is 3.86. The van der Waals surface area contributed by atoms with Gasteiger partial charge in [0.2, 0.25) is 0 Å². The Kier molecular flexibility index (Phi) is 3.97. The minimum Gasteiger partial charge on any atom is -0.465 e. The van der Waals surface area contributed by atoms with Crippen LogP contribution in [0.15, 0.2) is 36.4 Å². The molecule has 1 heterocycles. The van der Waals surface area contributed by atoms with E-state index < -0.39 is 17.7 Å². The van der Waals surface area contributed by atoms with Gasteiger partial charge in [-0.1, -0.05) is 12.1 Å². The Hall–Kier alpha value is -2.37. The fourth-order valence-corrected chi connectivity index (χ4v) is 1.87. The van der Waals surface area contributed by atoms with Gasteiger partial charge in [0.05, 0.1) is 23.9 Å².